The van der Waals surface area contributed by atoms with Gasteiger partial charge in [0.15, 0.2) is 5.17 Å². The highest BCUT2D eigenvalue weighted by Gasteiger charge is 2.45. The molecule has 0 spiro atoms. The summed E-state index contributed by atoms with van der Waals surface area (Å²) in [6.07, 6.45) is 7.84. The van der Waals surface area contributed by atoms with Gasteiger partial charge in [-0.25, -0.2) is 9.79 Å². The molecular weight excluding hydrogens is 288 g/mol. The fourth-order valence-electron chi connectivity index (χ4n) is 2.85. The predicted molar refractivity (Wildman–Crippen MR) is 83.8 cm³/mol. The monoisotopic (exact) mass is 308 g/mol. The van der Waals surface area contributed by atoms with Gasteiger partial charge in [0.05, 0.1) is 6.04 Å². The summed E-state index contributed by atoms with van der Waals surface area (Å²) in [5.41, 5.74) is 1.36. The van der Waals surface area contributed by atoms with Crippen molar-refractivity contribution in [2.45, 2.75) is 37.5 Å². The highest BCUT2D eigenvalue weighted by molar-refractivity contribution is 8.04. The summed E-state index contributed by atoms with van der Waals surface area (Å²) in [5, 5.41) is 3.35. The Balaban J connectivity index is 1.92. The van der Waals surface area contributed by atoms with E-state index >= 15 is 0 Å². The standard InChI is InChI=1S/C14H20N4O2S/c1-14(2)9-18-11-7-5-4-6-10(11)8-16-12(18)21(14)17-20-13(19)15-3/h4-5,8,11H,6-7,9H2,1-3H3,(H,15,19). The molecule has 2 atom stereocenters. The zero-order valence-corrected chi connectivity index (χ0v) is 13.3. The van der Waals surface area contributed by atoms with E-state index in [1.165, 1.54) is 12.6 Å². The third-order valence-electron chi connectivity index (χ3n) is 3.92. The molecule has 0 bridgehead atoms. The zero-order valence-electron chi connectivity index (χ0n) is 12.5. The number of carbonyl (C=O) groups is 1. The van der Waals surface area contributed by atoms with Crippen LogP contribution in [0.1, 0.15) is 26.7 Å². The molecule has 0 aromatic carbocycles. The van der Waals surface area contributed by atoms with Crippen LogP contribution in [0.2, 0.25) is 0 Å². The molecule has 114 valence electrons. The summed E-state index contributed by atoms with van der Waals surface area (Å²) in [6.45, 7) is 5.17. The maximum atomic E-state index is 11.3. The van der Waals surface area contributed by atoms with Crippen molar-refractivity contribution in [3.63, 3.8) is 0 Å². The second-order valence-electron chi connectivity index (χ2n) is 5.92. The number of carbonyl (C=O) groups excluding carboxylic acids is 1. The van der Waals surface area contributed by atoms with Crippen LogP contribution in [-0.2, 0) is 15.5 Å². The summed E-state index contributed by atoms with van der Waals surface area (Å²) < 4.78 is 4.08. The molecule has 3 rings (SSSR count). The molecule has 1 aliphatic carbocycles. The first-order chi connectivity index (χ1) is 10.0. The lowest BCUT2D eigenvalue weighted by molar-refractivity contribution is 0.155. The highest BCUT2D eigenvalue weighted by atomic mass is 32.2. The molecule has 21 heavy (non-hydrogen) atoms. The number of nitrogens with one attached hydrogen (secondary N) is 1. The lowest BCUT2D eigenvalue weighted by Crippen LogP contribution is -2.41. The van der Waals surface area contributed by atoms with Crippen molar-refractivity contribution < 1.29 is 9.63 Å². The predicted octanol–water partition coefficient (Wildman–Crippen LogP) is 2.13. The van der Waals surface area contributed by atoms with Crippen molar-refractivity contribution in [3.05, 3.63) is 23.9 Å². The maximum Gasteiger partial charge on any atom is 0.433 e. The van der Waals surface area contributed by atoms with Gasteiger partial charge in [0.1, 0.15) is 0 Å². The Morgan fingerprint density at radius 3 is 3.14 bits per heavy atom. The summed E-state index contributed by atoms with van der Waals surface area (Å²) in [4.78, 5) is 23.2. The molecule has 2 heterocycles. The second-order valence-corrected chi connectivity index (χ2v) is 8.11. The molecule has 0 radical (unpaired) electrons. The minimum Gasteiger partial charge on any atom is -0.342 e. The first-order valence-electron chi connectivity index (χ1n) is 7.05. The number of rotatable bonds is 1. The number of amides is 1. The van der Waals surface area contributed by atoms with E-state index in [2.05, 4.69) is 45.7 Å². The number of fused-ring (bicyclic) bond motifs is 3. The van der Waals surface area contributed by atoms with Crippen LogP contribution in [0.4, 0.5) is 4.79 Å². The highest BCUT2D eigenvalue weighted by Crippen LogP contribution is 2.36. The molecule has 1 fully saturated rings. The van der Waals surface area contributed by atoms with Gasteiger partial charge in [-0.3, -0.25) is 4.84 Å². The van der Waals surface area contributed by atoms with Gasteiger partial charge in [-0.1, -0.05) is 12.2 Å². The van der Waals surface area contributed by atoms with E-state index in [1.807, 2.05) is 6.20 Å². The SMILES string of the molecule is CNC(=O)ON=S1C2=NC=C3CC=CCC3N2CC1(C)C. The minimum atomic E-state index is -0.542. The molecule has 3 aliphatic rings. The molecule has 0 saturated carbocycles. The first-order valence-corrected chi connectivity index (χ1v) is 8.24. The van der Waals surface area contributed by atoms with Crippen LogP contribution >= 0.6 is 0 Å². The van der Waals surface area contributed by atoms with Gasteiger partial charge in [-0.05, 0) is 36.8 Å². The van der Waals surface area contributed by atoms with Crippen molar-refractivity contribution in [2.75, 3.05) is 13.6 Å². The van der Waals surface area contributed by atoms with Gasteiger partial charge in [-0.2, -0.15) is 0 Å². The fraction of sp³-hybridized carbons (Fsp3) is 0.571. The Hall–Kier alpha value is -1.63. The van der Waals surface area contributed by atoms with E-state index in [1.54, 1.807) is 0 Å². The van der Waals surface area contributed by atoms with Crippen molar-refractivity contribution in [2.24, 2.45) is 9.52 Å². The number of hydrogen-bond acceptors (Lipinski definition) is 5. The zero-order chi connectivity index (χ0) is 15.0. The summed E-state index contributed by atoms with van der Waals surface area (Å²) in [7, 11) is 0.980. The normalized spacial score (nSPS) is 29.4. The molecule has 6 nitrogen and oxygen atoms in total. The molecule has 1 N–H and O–H groups in total. The van der Waals surface area contributed by atoms with Crippen molar-refractivity contribution in [1.82, 2.24) is 10.2 Å². The van der Waals surface area contributed by atoms with Crippen LogP contribution in [0.5, 0.6) is 0 Å². The first kappa shape index (κ1) is 14.3. The number of allylic oxidation sites excluding steroid dienone is 1. The largest absolute Gasteiger partial charge is 0.433 e. The third-order valence-corrected chi connectivity index (χ3v) is 6.00. The van der Waals surface area contributed by atoms with Gasteiger partial charge in [0.2, 0.25) is 0 Å². The molecule has 2 unspecified atom stereocenters. The van der Waals surface area contributed by atoms with Gasteiger partial charge < -0.3 is 10.2 Å². The van der Waals surface area contributed by atoms with Crippen LogP contribution < -0.4 is 5.32 Å². The quantitative estimate of drug-likeness (QED) is 0.596. The molecule has 1 amide bonds. The molecular formula is C14H20N4O2S. The molecule has 7 heteroatoms. The van der Waals surface area contributed by atoms with E-state index in [9.17, 15) is 4.79 Å². The Bertz CT molecular complexity index is 592. The third kappa shape index (κ3) is 2.50. The number of amidine groups is 1. The van der Waals surface area contributed by atoms with Gasteiger partial charge in [0, 0.05) is 35.2 Å². The van der Waals surface area contributed by atoms with Crippen LogP contribution in [-0.4, -0.2) is 40.5 Å². The van der Waals surface area contributed by atoms with Crippen molar-refractivity contribution in [3.8, 4) is 0 Å². The average Bonchev–Trinajstić information content (AvgIpc) is 2.75. The Morgan fingerprint density at radius 2 is 2.38 bits per heavy atom. The molecule has 0 aromatic heterocycles. The van der Waals surface area contributed by atoms with Crippen LogP contribution in [0.15, 0.2) is 33.4 Å². The topological polar surface area (TPSA) is 66.3 Å². The number of aliphatic imine (C=N–C) groups is 1. The summed E-state index contributed by atoms with van der Waals surface area (Å²) >= 11 is 0. The number of hydrogen-bond donors (Lipinski definition) is 1. The van der Waals surface area contributed by atoms with Crippen LogP contribution in [0.25, 0.3) is 0 Å². The lowest BCUT2D eigenvalue weighted by atomic mass is 9.93. The van der Waals surface area contributed by atoms with E-state index < -0.39 is 16.8 Å². The second kappa shape index (κ2) is 5.29. The van der Waals surface area contributed by atoms with Crippen LogP contribution in [0, 0.1) is 0 Å². The molecule has 1 saturated heterocycles. The number of nitrogens with zero attached hydrogens (tertiary/aromatic N) is 3. The van der Waals surface area contributed by atoms with Gasteiger partial charge in [-0.15, -0.1) is 0 Å². The minimum absolute atomic E-state index is 0.0860. The fourth-order valence-corrected chi connectivity index (χ4v) is 4.58. The van der Waals surface area contributed by atoms with Gasteiger partial charge in [0.25, 0.3) is 0 Å². The van der Waals surface area contributed by atoms with E-state index in [4.69, 9.17) is 4.84 Å². The van der Waals surface area contributed by atoms with E-state index in [-0.39, 0.29) is 4.75 Å². The maximum absolute atomic E-state index is 11.3. The summed E-state index contributed by atoms with van der Waals surface area (Å²) in [6, 6.07) is 0.384. The average molecular weight is 308 g/mol. The van der Waals surface area contributed by atoms with E-state index in [0.717, 1.165) is 24.6 Å². The van der Waals surface area contributed by atoms with Crippen LogP contribution in [0.3, 0.4) is 0 Å². The smallest absolute Gasteiger partial charge is 0.342 e. The Kier molecular flexibility index (Phi) is 3.61. The molecule has 0 aromatic rings. The van der Waals surface area contributed by atoms with Gasteiger partial charge >= 0.3 is 6.09 Å². The Morgan fingerprint density at radius 1 is 1.57 bits per heavy atom. The summed E-state index contributed by atoms with van der Waals surface area (Å²) in [5.74, 6) is 0. The lowest BCUT2D eigenvalue weighted by Gasteiger charge is -2.34. The van der Waals surface area contributed by atoms with Crippen molar-refractivity contribution in [1.29, 1.82) is 0 Å². The Labute approximate surface area is 127 Å². The van der Waals surface area contributed by atoms with Crippen molar-refractivity contribution >= 4 is 22.0 Å². The molecule has 2 aliphatic heterocycles. The van der Waals surface area contributed by atoms with E-state index in [0.29, 0.717) is 6.04 Å².